The number of halogens is 2. The fraction of sp³-hybridized carbons (Fsp3) is 0.333. The molecule has 106 valence electrons. The second-order valence-corrected chi connectivity index (χ2v) is 5.67. The minimum Gasteiger partial charge on any atom is -0.370 e. The smallest absolute Gasteiger partial charge is 0.161 e. The molecule has 0 amide bonds. The van der Waals surface area contributed by atoms with E-state index in [-0.39, 0.29) is 11.7 Å². The van der Waals surface area contributed by atoms with Crippen LogP contribution in [0.15, 0.2) is 28.7 Å². The van der Waals surface area contributed by atoms with Gasteiger partial charge in [0.25, 0.3) is 0 Å². The van der Waals surface area contributed by atoms with Crippen LogP contribution in [0.3, 0.4) is 0 Å². The molecule has 1 N–H and O–H groups in total. The molecule has 0 spiro atoms. The van der Waals surface area contributed by atoms with Gasteiger partial charge in [0.15, 0.2) is 5.82 Å². The van der Waals surface area contributed by atoms with E-state index < -0.39 is 0 Å². The molecule has 1 aromatic carbocycles. The SMILES string of the molecule is CCNc1cc(C(C)C)nc(-c2ccc(Br)c(F)c2)n1. The normalized spacial score (nSPS) is 10.9. The largest absolute Gasteiger partial charge is 0.370 e. The fourth-order valence-electron chi connectivity index (χ4n) is 1.80. The van der Waals surface area contributed by atoms with E-state index in [1.807, 2.05) is 19.1 Å². The van der Waals surface area contributed by atoms with Crippen LogP contribution in [0, 0.1) is 5.82 Å². The van der Waals surface area contributed by atoms with E-state index in [4.69, 9.17) is 0 Å². The van der Waals surface area contributed by atoms with Crippen LogP contribution >= 0.6 is 15.9 Å². The van der Waals surface area contributed by atoms with Crippen molar-refractivity contribution in [2.75, 3.05) is 11.9 Å². The van der Waals surface area contributed by atoms with Crippen LogP contribution in [0.5, 0.6) is 0 Å². The molecule has 2 aromatic rings. The highest BCUT2D eigenvalue weighted by molar-refractivity contribution is 9.10. The molecular formula is C15H17BrFN3. The lowest BCUT2D eigenvalue weighted by atomic mass is 10.1. The summed E-state index contributed by atoms with van der Waals surface area (Å²) in [6.45, 7) is 6.94. The van der Waals surface area contributed by atoms with E-state index in [0.29, 0.717) is 15.9 Å². The number of nitrogens with zero attached hydrogens (tertiary/aromatic N) is 2. The first-order valence-electron chi connectivity index (χ1n) is 6.59. The van der Waals surface area contributed by atoms with Gasteiger partial charge in [0.05, 0.1) is 4.47 Å². The molecule has 2 rings (SSSR count). The highest BCUT2D eigenvalue weighted by Crippen LogP contribution is 2.25. The summed E-state index contributed by atoms with van der Waals surface area (Å²) >= 11 is 3.15. The Morgan fingerprint density at radius 2 is 2.00 bits per heavy atom. The van der Waals surface area contributed by atoms with E-state index in [1.165, 1.54) is 6.07 Å². The van der Waals surface area contributed by atoms with E-state index in [9.17, 15) is 4.39 Å². The zero-order valence-corrected chi connectivity index (χ0v) is 13.3. The van der Waals surface area contributed by atoms with Crippen molar-refractivity contribution >= 4 is 21.7 Å². The van der Waals surface area contributed by atoms with Crippen LogP contribution in [-0.2, 0) is 0 Å². The molecule has 0 unspecified atom stereocenters. The molecule has 0 saturated heterocycles. The van der Waals surface area contributed by atoms with Gasteiger partial charge in [-0.2, -0.15) is 0 Å². The van der Waals surface area contributed by atoms with Gasteiger partial charge in [-0.3, -0.25) is 0 Å². The van der Waals surface area contributed by atoms with Crippen LogP contribution in [0.4, 0.5) is 10.2 Å². The van der Waals surface area contributed by atoms with Crippen molar-refractivity contribution in [1.29, 1.82) is 0 Å². The Balaban J connectivity index is 2.51. The molecule has 0 aliphatic carbocycles. The van der Waals surface area contributed by atoms with Crippen LogP contribution < -0.4 is 5.32 Å². The number of rotatable bonds is 4. The molecule has 0 aliphatic heterocycles. The molecule has 1 heterocycles. The molecule has 0 fully saturated rings. The van der Waals surface area contributed by atoms with Crippen molar-refractivity contribution in [2.24, 2.45) is 0 Å². The summed E-state index contributed by atoms with van der Waals surface area (Å²) in [6, 6.07) is 6.86. The van der Waals surface area contributed by atoms with Crippen LogP contribution in [0.1, 0.15) is 32.4 Å². The molecule has 0 radical (unpaired) electrons. The lowest BCUT2D eigenvalue weighted by Crippen LogP contribution is -2.05. The zero-order chi connectivity index (χ0) is 14.7. The van der Waals surface area contributed by atoms with Crippen molar-refractivity contribution in [3.05, 3.63) is 40.2 Å². The summed E-state index contributed by atoms with van der Waals surface area (Å²) in [4.78, 5) is 8.97. The highest BCUT2D eigenvalue weighted by Gasteiger charge is 2.11. The number of benzene rings is 1. The monoisotopic (exact) mass is 337 g/mol. The van der Waals surface area contributed by atoms with E-state index in [1.54, 1.807) is 6.07 Å². The first kappa shape index (κ1) is 14.9. The van der Waals surface area contributed by atoms with Gasteiger partial charge in [-0.25, -0.2) is 14.4 Å². The second-order valence-electron chi connectivity index (χ2n) is 4.82. The number of nitrogens with one attached hydrogen (secondary N) is 1. The molecule has 5 heteroatoms. The third-order valence-corrected chi connectivity index (χ3v) is 3.52. The summed E-state index contributed by atoms with van der Waals surface area (Å²) in [7, 11) is 0. The second kappa shape index (κ2) is 6.31. The maximum atomic E-state index is 13.7. The third-order valence-electron chi connectivity index (χ3n) is 2.87. The van der Waals surface area contributed by atoms with Crippen LogP contribution in [0.25, 0.3) is 11.4 Å². The third kappa shape index (κ3) is 3.33. The first-order chi connectivity index (χ1) is 9.51. The number of aromatic nitrogens is 2. The Labute approximate surface area is 126 Å². The van der Waals surface area contributed by atoms with Gasteiger partial charge in [-0.1, -0.05) is 13.8 Å². The molecular weight excluding hydrogens is 321 g/mol. The summed E-state index contributed by atoms with van der Waals surface area (Å²) in [5, 5.41) is 3.18. The van der Waals surface area contributed by atoms with Crippen molar-refractivity contribution < 1.29 is 4.39 Å². The number of hydrogen-bond donors (Lipinski definition) is 1. The van der Waals surface area contributed by atoms with E-state index in [0.717, 1.165) is 18.1 Å². The summed E-state index contributed by atoms with van der Waals surface area (Å²) in [5.41, 5.74) is 1.61. The molecule has 20 heavy (non-hydrogen) atoms. The Kier molecular flexibility index (Phi) is 4.70. The van der Waals surface area contributed by atoms with Crippen molar-refractivity contribution in [1.82, 2.24) is 9.97 Å². The molecule has 0 saturated carbocycles. The Hall–Kier alpha value is -1.49. The Bertz CT molecular complexity index is 614. The summed E-state index contributed by atoms with van der Waals surface area (Å²) < 4.78 is 14.1. The Morgan fingerprint density at radius 3 is 2.60 bits per heavy atom. The minimum atomic E-state index is -0.314. The van der Waals surface area contributed by atoms with Gasteiger partial charge < -0.3 is 5.32 Å². The van der Waals surface area contributed by atoms with Gasteiger partial charge in [0.2, 0.25) is 0 Å². The van der Waals surface area contributed by atoms with Crippen LogP contribution in [0.2, 0.25) is 0 Å². The van der Waals surface area contributed by atoms with E-state index >= 15 is 0 Å². The molecule has 0 aliphatic rings. The fourth-order valence-corrected chi connectivity index (χ4v) is 2.04. The van der Waals surface area contributed by atoms with Gasteiger partial charge in [0.1, 0.15) is 11.6 Å². The van der Waals surface area contributed by atoms with Crippen molar-refractivity contribution in [2.45, 2.75) is 26.7 Å². The van der Waals surface area contributed by atoms with Crippen LogP contribution in [-0.4, -0.2) is 16.5 Å². The first-order valence-corrected chi connectivity index (χ1v) is 7.38. The molecule has 1 aromatic heterocycles. The average molecular weight is 338 g/mol. The van der Waals surface area contributed by atoms with Gasteiger partial charge >= 0.3 is 0 Å². The van der Waals surface area contributed by atoms with Crippen molar-refractivity contribution in [3.8, 4) is 11.4 Å². The molecule has 3 nitrogen and oxygen atoms in total. The highest BCUT2D eigenvalue weighted by atomic mass is 79.9. The molecule has 0 atom stereocenters. The van der Waals surface area contributed by atoms with Crippen molar-refractivity contribution in [3.63, 3.8) is 0 Å². The van der Waals surface area contributed by atoms with E-state index in [2.05, 4.69) is 45.1 Å². The standard InChI is InChI=1S/C15H17BrFN3/c1-4-18-14-8-13(9(2)3)19-15(20-14)10-5-6-11(16)12(17)7-10/h5-9H,4H2,1-3H3,(H,18,19,20). The Morgan fingerprint density at radius 1 is 1.25 bits per heavy atom. The van der Waals surface area contributed by atoms with Gasteiger partial charge in [-0.15, -0.1) is 0 Å². The predicted molar refractivity (Wildman–Crippen MR) is 83.4 cm³/mol. The summed E-state index contributed by atoms with van der Waals surface area (Å²) in [5.74, 6) is 1.28. The minimum absolute atomic E-state index is 0.287. The maximum Gasteiger partial charge on any atom is 0.161 e. The average Bonchev–Trinajstić information content (AvgIpc) is 2.42. The quantitative estimate of drug-likeness (QED) is 0.885. The maximum absolute atomic E-state index is 13.7. The predicted octanol–water partition coefficient (Wildman–Crippen LogP) is 4.60. The summed E-state index contributed by atoms with van der Waals surface area (Å²) in [6.07, 6.45) is 0. The molecule has 0 bridgehead atoms. The zero-order valence-electron chi connectivity index (χ0n) is 11.7. The number of hydrogen-bond acceptors (Lipinski definition) is 3. The lowest BCUT2D eigenvalue weighted by Gasteiger charge is -2.11. The lowest BCUT2D eigenvalue weighted by molar-refractivity contribution is 0.621. The topological polar surface area (TPSA) is 37.8 Å². The van der Waals surface area contributed by atoms with Gasteiger partial charge in [0, 0.05) is 23.9 Å². The van der Waals surface area contributed by atoms with Gasteiger partial charge in [-0.05, 0) is 47.0 Å². The number of anilines is 1.